The molecule has 4 nitrogen and oxygen atoms in total. The number of nitrogens with one attached hydrogen (secondary N) is 1. The van der Waals surface area contributed by atoms with Crippen LogP contribution in [0.15, 0.2) is 58.7 Å². The Morgan fingerprint density at radius 3 is 2.79 bits per heavy atom. The third-order valence-corrected chi connectivity index (χ3v) is 5.16. The van der Waals surface area contributed by atoms with Crippen molar-refractivity contribution in [1.82, 2.24) is 15.2 Å². The first kappa shape index (κ1) is 16.8. The summed E-state index contributed by atoms with van der Waals surface area (Å²) in [5.41, 5.74) is 2.33. The van der Waals surface area contributed by atoms with Crippen LogP contribution in [-0.2, 0) is 13.1 Å². The summed E-state index contributed by atoms with van der Waals surface area (Å²) in [6.07, 6.45) is 1.82. The third-order valence-electron chi connectivity index (χ3n) is 3.56. The predicted octanol–water partition coefficient (Wildman–Crippen LogP) is 3.64. The zero-order valence-corrected chi connectivity index (χ0v) is 14.9. The van der Waals surface area contributed by atoms with Gasteiger partial charge in [0.15, 0.2) is 0 Å². The fourth-order valence-electron chi connectivity index (χ4n) is 2.40. The van der Waals surface area contributed by atoms with Crippen LogP contribution < -0.4 is 5.32 Å². The number of hydrogen-bond acceptors (Lipinski definition) is 5. The Balaban J connectivity index is 1.56. The van der Waals surface area contributed by atoms with Crippen LogP contribution in [0.2, 0.25) is 0 Å². The number of amides is 1. The molecule has 0 aliphatic heterocycles. The predicted molar refractivity (Wildman–Crippen MR) is 99.3 cm³/mol. The normalized spacial score (nSPS) is 10.9. The molecule has 3 aromatic rings. The van der Waals surface area contributed by atoms with Gasteiger partial charge in [-0.2, -0.15) is 11.3 Å². The summed E-state index contributed by atoms with van der Waals surface area (Å²) in [6, 6.07) is 11.8. The monoisotopic (exact) mass is 357 g/mol. The highest BCUT2D eigenvalue weighted by Gasteiger charge is 2.10. The zero-order valence-electron chi connectivity index (χ0n) is 13.2. The van der Waals surface area contributed by atoms with E-state index in [-0.39, 0.29) is 5.91 Å². The van der Waals surface area contributed by atoms with Crippen molar-refractivity contribution >= 4 is 28.6 Å². The Labute approximate surface area is 149 Å². The molecule has 0 unspecified atom stereocenters. The second-order valence-corrected chi connectivity index (χ2v) is 7.12. The fourth-order valence-corrected chi connectivity index (χ4v) is 3.70. The average Bonchev–Trinajstić information content (AvgIpc) is 3.29. The molecule has 0 bridgehead atoms. The van der Waals surface area contributed by atoms with E-state index in [9.17, 15) is 4.79 Å². The summed E-state index contributed by atoms with van der Waals surface area (Å²) < 4.78 is 0. The van der Waals surface area contributed by atoms with Gasteiger partial charge in [0.2, 0.25) is 0 Å². The van der Waals surface area contributed by atoms with Gasteiger partial charge < -0.3 is 5.32 Å². The van der Waals surface area contributed by atoms with Crippen molar-refractivity contribution < 1.29 is 4.79 Å². The molecule has 124 valence electrons. The molecule has 0 fully saturated rings. The smallest absolute Gasteiger partial charge is 0.261 e. The summed E-state index contributed by atoms with van der Waals surface area (Å²) in [7, 11) is 0. The van der Waals surface area contributed by atoms with Crippen molar-refractivity contribution in [3.8, 4) is 0 Å². The fraction of sp³-hybridized carbons (Fsp3) is 0.222. The van der Waals surface area contributed by atoms with E-state index in [1.807, 2.05) is 41.9 Å². The molecule has 3 rings (SSSR count). The van der Waals surface area contributed by atoms with Gasteiger partial charge in [0.05, 0.1) is 10.6 Å². The molecule has 0 saturated heterocycles. The number of nitrogens with zero attached hydrogens (tertiary/aromatic N) is 2. The lowest BCUT2D eigenvalue weighted by atomic mass is 10.2. The van der Waals surface area contributed by atoms with Crippen molar-refractivity contribution in [2.24, 2.45) is 0 Å². The van der Waals surface area contributed by atoms with Crippen LogP contribution in [0.4, 0.5) is 0 Å². The minimum Gasteiger partial charge on any atom is -0.350 e. The van der Waals surface area contributed by atoms with Gasteiger partial charge in [0, 0.05) is 32.4 Å². The van der Waals surface area contributed by atoms with Gasteiger partial charge in [-0.05, 0) is 46.0 Å². The zero-order chi connectivity index (χ0) is 16.6. The van der Waals surface area contributed by atoms with Crippen LogP contribution in [0, 0.1) is 0 Å². The molecule has 0 saturated carbocycles. The molecule has 0 atom stereocenters. The highest BCUT2D eigenvalue weighted by molar-refractivity contribution is 7.12. The minimum absolute atomic E-state index is 0.00156. The van der Waals surface area contributed by atoms with Crippen LogP contribution in [-0.4, -0.2) is 28.9 Å². The first-order valence-corrected chi connectivity index (χ1v) is 9.58. The molecule has 0 spiro atoms. The molecule has 0 aliphatic carbocycles. The molecular weight excluding hydrogens is 338 g/mol. The lowest BCUT2D eigenvalue weighted by Crippen LogP contribution is -2.34. The Kier molecular flexibility index (Phi) is 6.12. The van der Waals surface area contributed by atoms with Gasteiger partial charge in [0.1, 0.15) is 0 Å². The third kappa shape index (κ3) is 4.99. The summed E-state index contributed by atoms with van der Waals surface area (Å²) in [4.78, 5) is 19.5. The van der Waals surface area contributed by atoms with Crippen molar-refractivity contribution in [2.45, 2.75) is 13.1 Å². The standard InChI is InChI=1S/C18H19N3OS2/c22-18(17-5-3-10-24-17)20-8-9-21(12-15-6-11-23-14-15)13-16-4-1-2-7-19-16/h1-7,10-11,14H,8-9,12-13H2,(H,20,22). The van der Waals surface area contributed by atoms with Gasteiger partial charge in [-0.3, -0.25) is 14.7 Å². The molecule has 0 aliphatic rings. The Morgan fingerprint density at radius 1 is 1.12 bits per heavy atom. The summed E-state index contributed by atoms with van der Waals surface area (Å²) in [6.45, 7) is 3.03. The SMILES string of the molecule is O=C(NCCN(Cc1ccsc1)Cc1ccccn1)c1cccs1. The van der Waals surface area contributed by atoms with Crippen LogP contribution in [0.1, 0.15) is 20.9 Å². The molecule has 0 radical (unpaired) electrons. The van der Waals surface area contributed by atoms with Crippen molar-refractivity contribution in [1.29, 1.82) is 0 Å². The minimum atomic E-state index is -0.00156. The van der Waals surface area contributed by atoms with E-state index in [1.165, 1.54) is 16.9 Å². The summed E-state index contributed by atoms with van der Waals surface area (Å²) in [5, 5.41) is 9.16. The van der Waals surface area contributed by atoms with Gasteiger partial charge in [-0.15, -0.1) is 11.3 Å². The second-order valence-electron chi connectivity index (χ2n) is 5.40. The summed E-state index contributed by atoms with van der Waals surface area (Å²) in [5.74, 6) is -0.00156. The molecular formula is C18H19N3OS2. The topological polar surface area (TPSA) is 45.2 Å². The lowest BCUT2D eigenvalue weighted by molar-refractivity contribution is 0.0951. The van der Waals surface area contributed by atoms with E-state index in [0.717, 1.165) is 30.2 Å². The average molecular weight is 358 g/mol. The summed E-state index contributed by atoms with van der Waals surface area (Å²) >= 11 is 3.17. The molecule has 3 heterocycles. The molecule has 6 heteroatoms. The van der Waals surface area contributed by atoms with Crippen LogP contribution in [0.25, 0.3) is 0 Å². The van der Waals surface area contributed by atoms with Crippen molar-refractivity contribution in [2.75, 3.05) is 13.1 Å². The largest absolute Gasteiger partial charge is 0.350 e. The second kappa shape index (κ2) is 8.73. The van der Waals surface area contributed by atoms with Gasteiger partial charge in [-0.1, -0.05) is 12.1 Å². The quantitative estimate of drug-likeness (QED) is 0.669. The number of pyridine rings is 1. The first-order valence-electron chi connectivity index (χ1n) is 7.76. The number of carbonyl (C=O) groups is 1. The van der Waals surface area contributed by atoms with E-state index in [1.54, 1.807) is 11.3 Å². The van der Waals surface area contributed by atoms with Crippen molar-refractivity contribution in [3.63, 3.8) is 0 Å². The van der Waals surface area contributed by atoms with E-state index >= 15 is 0 Å². The lowest BCUT2D eigenvalue weighted by Gasteiger charge is -2.21. The molecule has 0 aromatic carbocycles. The number of hydrogen-bond donors (Lipinski definition) is 1. The maximum atomic E-state index is 12.0. The van der Waals surface area contributed by atoms with E-state index in [2.05, 4.69) is 32.0 Å². The van der Waals surface area contributed by atoms with Crippen molar-refractivity contribution in [3.05, 3.63) is 74.9 Å². The molecule has 1 amide bonds. The Bertz CT molecular complexity index is 727. The van der Waals surface area contributed by atoms with Crippen LogP contribution in [0.3, 0.4) is 0 Å². The van der Waals surface area contributed by atoms with Gasteiger partial charge >= 0.3 is 0 Å². The number of aromatic nitrogens is 1. The number of carbonyl (C=O) groups excluding carboxylic acids is 1. The van der Waals surface area contributed by atoms with Crippen LogP contribution in [0.5, 0.6) is 0 Å². The number of thiophene rings is 2. The maximum absolute atomic E-state index is 12.0. The molecule has 1 N–H and O–H groups in total. The first-order chi connectivity index (χ1) is 11.8. The number of rotatable bonds is 8. The van der Waals surface area contributed by atoms with Gasteiger partial charge in [-0.25, -0.2) is 0 Å². The highest BCUT2D eigenvalue weighted by Crippen LogP contribution is 2.12. The molecule has 24 heavy (non-hydrogen) atoms. The van der Waals surface area contributed by atoms with E-state index in [0.29, 0.717) is 6.54 Å². The van der Waals surface area contributed by atoms with Crippen LogP contribution >= 0.6 is 22.7 Å². The Morgan fingerprint density at radius 2 is 2.08 bits per heavy atom. The molecule has 3 aromatic heterocycles. The Hall–Kier alpha value is -2.02. The van der Waals surface area contributed by atoms with E-state index in [4.69, 9.17) is 0 Å². The highest BCUT2D eigenvalue weighted by atomic mass is 32.1. The maximum Gasteiger partial charge on any atom is 0.261 e. The van der Waals surface area contributed by atoms with Gasteiger partial charge in [0.25, 0.3) is 5.91 Å². The van der Waals surface area contributed by atoms with E-state index < -0.39 is 0 Å².